The van der Waals surface area contributed by atoms with E-state index < -0.39 is 0 Å². The second kappa shape index (κ2) is 9.19. The van der Waals surface area contributed by atoms with Gasteiger partial charge in [0.15, 0.2) is 0 Å². The Morgan fingerprint density at radius 3 is 1.73 bits per heavy atom. The summed E-state index contributed by atoms with van der Waals surface area (Å²) in [7, 11) is 5.75. The molecule has 1 aromatic rings. The summed E-state index contributed by atoms with van der Waals surface area (Å²) in [5.41, 5.74) is 0. The highest BCUT2D eigenvalue weighted by Crippen LogP contribution is 2.34. The van der Waals surface area contributed by atoms with Crippen LogP contribution >= 0.6 is 11.8 Å². The monoisotopic (exact) mass is 328 g/mol. The van der Waals surface area contributed by atoms with E-state index in [2.05, 4.69) is 9.47 Å². The molecule has 0 fully saturated rings. The topological polar surface area (TPSA) is 71.1 Å². The molecule has 0 radical (unpaired) electrons. The van der Waals surface area contributed by atoms with Crippen LogP contribution in [0, 0.1) is 0 Å². The van der Waals surface area contributed by atoms with E-state index in [9.17, 15) is 9.59 Å². The molecule has 0 amide bonds. The molecule has 6 nitrogen and oxygen atoms in total. The zero-order chi connectivity index (χ0) is 16.5. The van der Waals surface area contributed by atoms with E-state index in [1.807, 2.05) is 12.1 Å². The van der Waals surface area contributed by atoms with E-state index in [0.717, 1.165) is 4.90 Å². The molecule has 1 aromatic carbocycles. The first-order valence-corrected chi connectivity index (χ1v) is 7.43. The smallest absolute Gasteiger partial charge is 0.306 e. The Balaban J connectivity index is 2.91. The molecule has 0 heterocycles. The van der Waals surface area contributed by atoms with E-state index in [1.54, 1.807) is 20.3 Å². The van der Waals surface area contributed by atoms with Gasteiger partial charge in [-0.15, -0.1) is 11.8 Å². The number of thioether (sulfide) groups is 1. The van der Waals surface area contributed by atoms with Crippen molar-refractivity contribution in [3.05, 3.63) is 18.2 Å². The minimum absolute atomic E-state index is 0.107. The highest BCUT2D eigenvalue weighted by Gasteiger charge is 2.20. The lowest BCUT2D eigenvalue weighted by molar-refractivity contribution is -0.142. The summed E-state index contributed by atoms with van der Waals surface area (Å²) in [5.74, 6) is 0.515. The molecule has 0 aliphatic heterocycles. The van der Waals surface area contributed by atoms with Crippen molar-refractivity contribution in [1.29, 1.82) is 0 Å². The first-order chi connectivity index (χ1) is 10.5. The van der Waals surface area contributed by atoms with Crippen LogP contribution in [0.25, 0.3) is 0 Å². The zero-order valence-electron chi connectivity index (χ0n) is 13.1. The Hall–Kier alpha value is -1.89. The van der Waals surface area contributed by atoms with Crippen LogP contribution in [-0.4, -0.2) is 45.6 Å². The first kappa shape index (κ1) is 18.2. The number of carbonyl (C=O) groups is 2. The third-order valence-corrected chi connectivity index (χ3v) is 4.05. The Labute approximate surface area is 134 Å². The lowest BCUT2D eigenvalue weighted by Gasteiger charge is -2.15. The maximum Gasteiger partial charge on any atom is 0.306 e. The van der Waals surface area contributed by atoms with Gasteiger partial charge in [-0.2, -0.15) is 0 Å². The summed E-state index contributed by atoms with van der Waals surface area (Å²) < 4.78 is 19.8. The first-order valence-electron chi connectivity index (χ1n) is 6.55. The number of benzene rings is 1. The third kappa shape index (κ3) is 5.85. The lowest BCUT2D eigenvalue weighted by Crippen LogP contribution is -2.17. The van der Waals surface area contributed by atoms with Gasteiger partial charge in [0.25, 0.3) is 0 Å². The number of hydrogen-bond donors (Lipinski definition) is 0. The second-order valence-electron chi connectivity index (χ2n) is 4.35. The van der Waals surface area contributed by atoms with Crippen molar-refractivity contribution >= 4 is 23.7 Å². The van der Waals surface area contributed by atoms with Crippen molar-refractivity contribution in [2.75, 3.05) is 28.4 Å². The van der Waals surface area contributed by atoms with Crippen LogP contribution in [0.3, 0.4) is 0 Å². The Morgan fingerprint density at radius 1 is 0.909 bits per heavy atom. The van der Waals surface area contributed by atoms with Gasteiger partial charge in [0, 0.05) is 16.2 Å². The Morgan fingerprint density at radius 2 is 1.36 bits per heavy atom. The van der Waals surface area contributed by atoms with E-state index in [1.165, 1.54) is 26.0 Å². The van der Waals surface area contributed by atoms with Crippen molar-refractivity contribution < 1.29 is 28.5 Å². The number of rotatable bonds is 8. The number of hydrogen-bond acceptors (Lipinski definition) is 7. The molecule has 0 saturated carbocycles. The number of ether oxygens (including phenoxy) is 4. The normalized spacial score (nSPS) is 10.2. The third-order valence-electron chi connectivity index (χ3n) is 2.87. The lowest BCUT2D eigenvalue weighted by atomic mass is 10.2. The van der Waals surface area contributed by atoms with Crippen LogP contribution in [0.15, 0.2) is 23.1 Å². The Kier molecular flexibility index (Phi) is 7.59. The highest BCUT2D eigenvalue weighted by atomic mass is 32.2. The minimum Gasteiger partial charge on any atom is -0.497 e. The molecule has 0 aromatic heterocycles. The molecular formula is C15H20O6S. The summed E-state index contributed by atoms with van der Waals surface area (Å²) in [6.45, 7) is 0. The van der Waals surface area contributed by atoms with Crippen LogP contribution in [0.1, 0.15) is 12.8 Å². The molecule has 0 saturated heterocycles. The highest BCUT2D eigenvalue weighted by molar-refractivity contribution is 8.00. The van der Waals surface area contributed by atoms with Gasteiger partial charge in [0.2, 0.25) is 0 Å². The van der Waals surface area contributed by atoms with Gasteiger partial charge >= 0.3 is 11.9 Å². The van der Waals surface area contributed by atoms with Gasteiger partial charge in [-0.1, -0.05) is 0 Å². The Bertz CT molecular complexity index is 477. The summed E-state index contributed by atoms with van der Waals surface area (Å²) in [6.07, 6.45) is 0.214. The van der Waals surface area contributed by atoms with Gasteiger partial charge in [-0.05, 0) is 12.1 Å². The van der Waals surface area contributed by atoms with Crippen molar-refractivity contribution in [2.45, 2.75) is 23.0 Å². The van der Waals surface area contributed by atoms with E-state index in [0.29, 0.717) is 11.5 Å². The van der Waals surface area contributed by atoms with Crippen molar-refractivity contribution in [3.63, 3.8) is 0 Å². The van der Waals surface area contributed by atoms with Gasteiger partial charge in [0.1, 0.15) is 11.5 Å². The SMILES string of the molecule is COC(=O)CC(CC(=O)OC)Sc1cc(OC)cc(OC)c1. The average molecular weight is 328 g/mol. The predicted molar refractivity (Wildman–Crippen MR) is 82.5 cm³/mol. The van der Waals surface area contributed by atoms with E-state index in [-0.39, 0.29) is 30.0 Å². The molecule has 0 aliphatic rings. The fraction of sp³-hybridized carbons (Fsp3) is 0.467. The maximum absolute atomic E-state index is 11.5. The molecule has 0 aliphatic carbocycles. The standard InChI is InChI=1S/C15H20O6S/c1-18-10-5-11(19-2)7-12(6-10)22-13(8-14(16)20-3)9-15(17)21-4/h5-7,13H,8-9H2,1-4H3. The molecule has 0 spiro atoms. The van der Waals surface area contributed by atoms with Crippen LogP contribution in [-0.2, 0) is 19.1 Å². The average Bonchev–Trinajstić information content (AvgIpc) is 2.53. The largest absolute Gasteiger partial charge is 0.497 e. The van der Waals surface area contributed by atoms with Gasteiger partial charge in [0.05, 0.1) is 41.3 Å². The summed E-state index contributed by atoms with van der Waals surface area (Å²) in [5, 5.41) is -0.295. The molecular weight excluding hydrogens is 308 g/mol. The van der Waals surface area contributed by atoms with Crippen molar-refractivity contribution in [3.8, 4) is 11.5 Å². The summed E-state index contributed by atoms with van der Waals surface area (Å²) >= 11 is 1.37. The number of esters is 2. The maximum atomic E-state index is 11.5. The van der Waals surface area contributed by atoms with Crippen molar-refractivity contribution in [2.24, 2.45) is 0 Å². The summed E-state index contributed by atoms with van der Waals surface area (Å²) in [4.78, 5) is 23.8. The molecule has 0 N–H and O–H groups in total. The fourth-order valence-electron chi connectivity index (χ4n) is 1.74. The molecule has 122 valence electrons. The fourth-order valence-corrected chi connectivity index (χ4v) is 2.93. The van der Waals surface area contributed by atoms with E-state index in [4.69, 9.17) is 9.47 Å². The molecule has 1 rings (SSSR count). The molecule has 0 bridgehead atoms. The number of carbonyl (C=O) groups excluding carboxylic acids is 2. The van der Waals surface area contributed by atoms with Gasteiger partial charge in [-0.3, -0.25) is 9.59 Å². The molecule has 22 heavy (non-hydrogen) atoms. The molecule has 0 atom stereocenters. The molecule has 7 heteroatoms. The number of methoxy groups -OCH3 is 4. The predicted octanol–water partition coefficient (Wildman–Crippen LogP) is 2.29. The van der Waals surface area contributed by atoms with Crippen LogP contribution in [0.5, 0.6) is 11.5 Å². The van der Waals surface area contributed by atoms with Crippen LogP contribution in [0.2, 0.25) is 0 Å². The summed E-state index contributed by atoms with van der Waals surface area (Å²) in [6, 6.07) is 5.38. The van der Waals surface area contributed by atoms with Crippen LogP contribution < -0.4 is 9.47 Å². The minimum atomic E-state index is -0.378. The second-order valence-corrected chi connectivity index (χ2v) is 5.72. The molecule has 0 unspecified atom stereocenters. The van der Waals surface area contributed by atoms with Gasteiger partial charge in [-0.25, -0.2) is 0 Å². The zero-order valence-corrected chi connectivity index (χ0v) is 13.9. The van der Waals surface area contributed by atoms with Crippen molar-refractivity contribution in [1.82, 2.24) is 0 Å². The van der Waals surface area contributed by atoms with E-state index >= 15 is 0 Å². The quantitative estimate of drug-likeness (QED) is 0.535. The van der Waals surface area contributed by atoms with Gasteiger partial charge < -0.3 is 18.9 Å². The van der Waals surface area contributed by atoms with Crippen LogP contribution in [0.4, 0.5) is 0 Å².